The summed E-state index contributed by atoms with van der Waals surface area (Å²) in [7, 11) is -3.42. The average Bonchev–Trinajstić information content (AvgIpc) is 2.76. The van der Waals surface area contributed by atoms with Crippen molar-refractivity contribution < 1.29 is 23.2 Å². The van der Waals surface area contributed by atoms with E-state index in [2.05, 4.69) is 0 Å². The fraction of sp³-hybridized carbons (Fsp3) is 0.545. The lowest BCUT2D eigenvalue weighted by atomic mass is 10.3. The van der Waals surface area contributed by atoms with Crippen molar-refractivity contribution in [3.05, 3.63) is 17.0 Å². The predicted octanol–water partition coefficient (Wildman–Crippen LogP) is -2.30. The number of sulfonamides is 1. The van der Waals surface area contributed by atoms with E-state index in [9.17, 15) is 18.3 Å². The Morgan fingerprint density at radius 3 is 2.53 bits per heavy atom. The van der Waals surface area contributed by atoms with E-state index in [1.165, 1.54) is 15.6 Å². The summed E-state index contributed by atoms with van der Waals surface area (Å²) in [5.41, 5.74) is 0. The summed E-state index contributed by atoms with van der Waals surface area (Å²) in [6, 6.07) is 3.41. The molecule has 8 heteroatoms. The molecule has 2 rings (SSSR count). The SMILES string of the molecule is Cc1ccc(S(=O)(=O)N2CC[NH+](CC(=O)[O-])CC2)s1. The molecule has 0 unspecified atom stereocenters. The molecule has 106 valence electrons. The molecule has 0 radical (unpaired) electrons. The van der Waals surface area contributed by atoms with Crippen LogP contribution in [0.25, 0.3) is 0 Å². The van der Waals surface area contributed by atoms with Crippen LogP contribution in [0.1, 0.15) is 4.88 Å². The van der Waals surface area contributed by atoms with Gasteiger partial charge in [0.05, 0.1) is 32.1 Å². The summed E-state index contributed by atoms with van der Waals surface area (Å²) in [6.07, 6.45) is 0. The normalized spacial score (nSPS) is 18.6. The third kappa shape index (κ3) is 3.33. The molecule has 0 atom stereocenters. The Morgan fingerprint density at radius 2 is 2.05 bits per heavy atom. The average molecular weight is 304 g/mol. The van der Waals surface area contributed by atoms with Crippen LogP contribution in [-0.2, 0) is 14.8 Å². The summed E-state index contributed by atoms with van der Waals surface area (Å²) < 4.78 is 26.4. The fourth-order valence-electron chi connectivity index (χ4n) is 2.10. The van der Waals surface area contributed by atoms with Gasteiger partial charge in [0.25, 0.3) is 10.0 Å². The second kappa shape index (κ2) is 5.58. The van der Waals surface area contributed by atoms with Crippen LogP contribution in [0.3, 0.4) is 0 Å². The lowest BCUT2D eigenvalue weighted by Crippen LogP contribution is -3.16. The highest BCUT2D eigenvalue weighted by atomic mass is 32.2. The van der Waals surface area contributed by atoms with Crippen molar-refractivity contribution in [2.45, 2.75) is 11.1 Å². The molecular weight excluding hydrogens is 288 g/mol. The highest BCUT2D eigenvalue weighted by Gasteiger charge is 2.31. The fourth-order valence-corrected chi connectivity index (χ4v) is 4.98. The molecular formula is C11H16N2O4S2. The Hall–Kier alpha value is -0.960. The number of nitrogens with one attached hydrogen (secondary N) is 1. The van der Waals surface area contributed by atoms with Gasteiger partial charge < -0.3 is 14.8 Å². The smallest absolute Gasteiger partial charge is 0.252 e. The van der Waals surface area contributed by atoms with Crippen molar-refractivity contribution in [3.63, 3.8) is 0 Å². The van der Waals surface area contributed by atoms with Crippen LogP contribution in [0.5, 0.6) is 0 Å². The van der Waals surface area contributed by atoms with E-state index in [0.29, 0.717) is 30.4 Å². The molecule has 0 bridgehead atoms. The van der Waals surface area contributed by atoms with Gasteiger partial charge in [-0.15, -0.1) is 11.3 Å². The number of carboxylic acids is 1. The van der Waals surface area contributed by atoms with E-state index < -0.39 is 16.0 Å². The topological polar surface area (TPSA) is 82.0 Å². The van der Waals surface area contributed by atoms with Gasteiger partial charge in [0.2, 0.25) is 0 Å². The monoisotopic (exact) mass is 304 g/mol. The first-order chi connectivity index (χ1) is 8.89. The minimum absolute atomic E-state index is 0.0635. The van der Waals surface area contributed by atoms with Crippen molar-refractivity contribution in [1.82, 2.24) is 4.31 Å². The maximum atomic E-state index is 12.3. The highest BCUT2D eigenvalue weighted by Crippen LogP contribution is 2.24. The van der Waals surface area contributed by atoms with Gasteiger partial charge in [0.15, 0.2) is 0 Å². The minimum Gasteiger partial charge on any atom is -0.544 e. The van der Waals surface area contributed by atoms with Crippen LogP contribution >= 0.6 is 11.3 Å². The molecule has 1 fully saturated rings. The molecule has 1 saturated heterocycles. The zero-order chi connectivity index (χ0) is 14.0. The lowest BCUT2D eigenvalue weighted by molar-refractivity contribution is -0.898. The van der Waals surface area contributed by atoms with Crippen LogP contribution in [0.4, 0.5) is 0 Å². The number of carboxylic acid groups (broad SMARTS) is 1. The van der Waals surface area contributed by atoms with Gasteiger partial charge in [-0.2, -0.15) is 4.31 Å². The van der Waals surface area contributed by atoms with Gasteiger partial charge in [-0.25, -0.2) is 8.42 Å². The Balaban J connectivity index is 2.03. The van der Waals surface area contributed by atoms with Gasteiger partial charge in [-0.3, -0.25) is 0 Å². The Labute approximate surface area is 116 Å². The number of piperazine rings is 1. The van der Waals surface area contributed by atoms with Crippen LogP contribution in [0, 0.1) is 6.92 Å². The first kappa shape index (κ1) is 14.4. The third-order valence-electron chi connectivity index (χ3n) is 3.13. The van der Waals surface area contributed by atoms with Crippen LogP contribution < -0.4 is 10.0 Å². The van der Waals surface area contributed by atoms with E-state index in [1.54, 1.807) is 12.1 Å². The zero-order valence-corrected chi connectivity index (χ0v) is 12.2. The minimum atomic E-state index is -3.42. The number of aryl methyl sites for hydroxylation is 1. The number of nitrogens with zero attached hydrogens (tertiary/aromatic N) is 1. The molecule has 1 aromatic rings. The summed E-state index contributed by atoms with van der Waals surface area (Å²) in [5.74, 6) is -1.10. The molecule has 2 heterocycles. The van der Waals surface area contributed by atoms with E-state index >= 15 is 0 Å². The maximum absolute atomic E-state index is 12.3. The predicted molar refractivity (Wildman–Crippen MR) is 68.4 cm³/mol. The van der Waals surface area contributed by atoms with Crippen molar-refractivity contribution in [1.29, 1.82) is 0 Å². The van der Waals surface area contributed by atoms with E-state index in [-0.39, 0.29) is 6.54 Å². The second-order valence-corrected chi connectivity index (χ2v) is 8.02. The standard InChI is InChI=1S/C11H16N2O4S2/c1-9-2-3-11(18-9)19(16,17)13-6-4-12(5-7-13)8-10(14)15/h2-3H,4-8H2,1H3,(H,14,15). The quantitative estimate of drug-likeness (QED) is 0.678. The number of carbonyl (C=O) groups is 1. The number of carbonyl (C=O) groups excluding carboxylic acids is 1. The van der Waals surface area contributed by atoms with Gasteiger partial charge in [-0.1, -0.05) is 0 Å². The molecule has 0 saturated carbocycles. The van der Waals surface area contributed by atoms with Gasteiger partial charge in [0.1, 0.15) is 10.8 Å². The van der Waals surface area contributed by atoms with Crippen molar-refractivity contribution in [2.24, 2.45) is 0 Å². The third-order valence-corrected chi connectivity index (χ3v) is 6.50. The summed E-state index contributed by atoms with van der Waals surface area (Å²) in [4.78, 5) is 12.3. The van der Waals surface area contributed by atoms with Gasteiger partial charge in [-0.05, 0) is 19.1 Å². The molecule has 1 N–H and O–H groups in total. The molecule has 0 amide bonds. The van der Waals surface area contributed by atoms with Crippen LogP contribution in [-0.4, -0.2) is 51.4 Å². The van der Waals surface area contributed by atoms with Gasteiger partial charge >= 0.3 is 0 Å². The molecule has 1 aliphatic rings. The number of hydrogen-bond donors (Lipinski definition) is 1. The van der Waals surface area contributed by atoms with E-state index in [1.807, 2.05) is 6.92 Å². The van der Waals surface area contributed by atoms with E-state index in [0.717, 1.165) is 9.78 Å². The Morgan fingerprint density at radius 1 is 1.42 bits per heavy atom. The zero-order valence-electron chi connectivity index (χ0n) is 10.6. The molecule has 0 aromatic carbocycles. The molecule has 19 heavy (non-hydrogen) atoms. The molecule has 0 spiro atoms. The molecule has 6 nitrogen and oxygen atoms in total. The summed E-state index contributed by atoms with van der Waals surface area (Å²) in [6.45, 7) is 3.50. The molecule has 0 aliphatic carbocycles. The largest absolute Gasteiger partial charge is 0.544 e. The van der Waals surface area contributed by atoms with Crippen molar-refractivity contribution in [3.8, 4) is 0 Å². The number of quaternary nitrogens is 1. The van der Waals surface area contributed by atoms with Crippen molar-refractivity contribution >= 4 is 27.3 Å². The summed E-state index contributed by atoms with van der Waals surface area (Å²) >= 11 is 1.26. The Kier molecular flexibility index (Phi) is 4.24. The number of thiophene rings is 1. The number of hydrogen-bond acceptors (Lipinski definition) is 5. The molecule has 1 aliphatic heterocycles. The highest BCUT2D eigenvalue weighted by molar-refractivity contribution is 7.91. The molecule has 1 aromatic heterocycles. The Bertz CT molecular complexity index is 559. The maximum Gasteiger partial charge on any atom is 0.252 e. The van der Waals surface area contributed by atoms with Gasteiger partial charge in [0, 0.05) is 4.88 Å². The first-order valence-corrected chi connectivity index (χ1v) is 8.25. The summed E-state index contributed by atoms with van der Waals surface area (Å²) in [5, 5.41) is 10.5. The van der Waals surface area contributed by atoms with E-state index in [4.69, 9.17) is 0 Å². The number of aliphatic carboxylic acids is 1. The van der Waals surface area contributed by atoms with Crippen LogP contribution in [0.15, 0.2) is 16.3 Å². The second-order valence-electron chi connectivity index (χ2n) is 4.57. The first-order valence-electron chi connectivity index (χ1n) is 5.99. The number of rotatable bonds is 4. The lowest BCUT2D eigenvalue weighted by Gasteiger charge is -2.31. The van der Waals surface area contributed by atoms with Crippen LogP contribution in [0.2, 0.25) is 0 Å². The van der Waals surface area contributed by atoms with Crippen molar-refractivity contribution in [2.75, 3.05) is 32.7 Å².